The summed E-state index contributed by atoms with van der Waals surface area (Å²) >= 11 is 0. The Labute approximate surface area is 538 Å². The van der Waals surface area contributed by atoms with E-state index < -0.39 is 26.5 Å². The predicted octanol–water partition coefficient (Wildman–Crippen LogP) is 23.3. The average Bonchev–Trinajstić information content (AvgIpc) is 3.62. The summed E-state index contributed by atoms with van der Waals surface area (Å²) in [6.07, 6.45) is 93.6. The van der Waals surface area contributed by atoms with Crippen molar-refractivity contribution < 1.29 is 42.1 Å². The van der Waals surface area contributed by atoms with Gasteiger partial charge >= 0.3 is 11.9 Å². The summed E-state index contributed by atoms with van der Waals surface area (Å²) in [4.78, 5) is 38.1. The van der Waals surface area contributed by atoms with Crippen molar-refractivity contribution >= 4 is 19.8 Å². The van der Waals surface area contributed by atoms with Crippen molar-refractivity contribution in [2.24, 2.45) is 0 Å². The number of phosphoric ester groups is 1. The van der Waals surface area contributed by atoms with Gasteiger partial charge in [0.25, 0.3) is 7.82 Å². The molecule has 10 heteroatoms. The van der Waals surface area contributed by atoms with Gasteiger partial charge in [-0.3, -0.25) is 14.2 Å². The van der Waals surface area contributed by atoms with Crippen LogP contribution < -0.4 is 4.89 Å². The van der Waals surface area contributed by atoms with E-state index in [0.717, 1.165) is 109 Å². The third-order valence-corrected chi connectivity index (χ3v) is 16.8. The van der Waals surface area contributed by atoms with Gasteiger partial charge in [0.05, 0.1) is 27.7 Å². The molecule has 2 unspecified atom stereocenters. The van der Waals surface area contributed by atoms with E-state index in [9.17, 15) is 19.0 Å². The Morgan fingerprint density at radius 2 is 0.655 bits per heavy atom. The topological polar surface area (TPSA) is 111 Å². The van der Waals surface area contributed by atoms with Gasteiger partial charge in [0.2, 0.25) is 0 Å². The first-order chi connectivity index (χ1) is 42.5. The van der Waals surface area contributed by atoms with E-state index in [1.165, 1.54) is 186 Å². The third kappa shape index (κ3) is 71.9. The minimum absolute atomic E-state index is 0.0371. The van der Waals surface area contributed by atoms with Crippen LogP contribution in [0.4, 0.5) is 0 Å². The van der Waals surface area contributed by atoms with E-state index in [2.05, 4.69) is 111 Å². The number of likely N-dealkylation sites (N-methyl/N-ethyl adjacent to an activating group) is 1. The van der Waals surface area contributed by atoms with E-state index in [4.69, 9.17) is 18.5 Å². The smallest absolute Gasteiger partial charge is 0.306 e. The number of esters is 2. The maximum atomic E-state index is 12.9. The molecule has 9 nitrogen and oxygen atoms in total. The first kappa shape index (κ1) is 83.9. The van der Waals surface area contributed by atoms with Crippen molar-refractivity contribution in [3.8, 4) is 0 Å². The summed E-state index contributed by atoms with van der Waals surface area (Å²) in [6.45, 7) is 4.15. The number of carbonyl (C=O) groups excluding carboxylic acids is 2. The molecule has 0 aliphatic carbocycles. The number of hydrogen-bond acceptors (Lipinski definition) is 8. The van der Waals surface area contributed by atoms with Crippen LogP contribution >= 0.6 is 7.82 Å². The molecule has 0 fully saturated rings. The summed E-state index contributed by atoms with van der Waals surface area (Å²) in [6, 6.07) is 0. The van der Waals surface area contributed by atoms with Crippen molar-refractivity contribution in [2.45, 2.75) is 335 Å². The van der Waals surface area contributed by atoms with E-state index in [0.29, 0.717) is 17.4 Å². The number of allylic oxidation sites excluding steroid dienone is 16. The van der Waals surface area contributed by atoms with Gasteiger partial charge < -0.3 is 27.9 Å². The summed E-state index contributed by atoms with van der Waals surface area (Å²) in [5, 5.41) is 0. The molecule has 0 radical (unpaired) electrons. The summed E-state index contributed by atoms with van der Waals surface area (Å²) < 4.78 is 34.3. The fourth-order valence-electron chi connectivity index (χ4n) is 10.3. The minimum Gasteiger partial charge on any atom is -0.756 e. The number of nitrogens with zero attached hydrogens (tertiary/aromatic N) is 1. The molecular weight excluding hydrogens is 1100 g/mol. The van der Waals surface area contributed by atoms with Crippen LogP contribution in [0.2, 0.25) is 0 Å². The Kier molecular flexibility index (Phi) is 65.0. The van der Waals surface area contributed by atoms with Crippen molar-refractivity contribution in [1.82, 2.24) is 0 Å². The van der Waals surface area contributed by atoms with Crippen molar-refractivity contribution in [1.29, 1.82) is 0 Å². The van der Waals surface area contributed by atoms with Crippen LogP contribution in [0.15, 0.2) is 97.2 Å². The summed E-state index contributed by atoms with van der Waals surface area (Å²) in [5.41, 5.74) is 0. The van der Waals surface area contributed by atoms with Crippen LogP contribution in [0.5, 0.6) is 0 Å². The first-order valence-electron chi connectivity index (χ1n) is 36.4. The molecule has 2 atom stereocenters. The van der Waals surface area contributed by atoms with E-state index in [-0.39, 0.29) is 32.0 Å². The molecule has 504 valence electrons. The molecular formula is C77H138NO8P. The molecule has 0 heterocycles. The minimum atomic E-state index is -4.65. The van der Waals surface area contributed by atoms with Crippen LogP contribution in [-0.2, 0) is 32.7 Å². The molecule has 0 N–H and O–H groups in total. The second kappa shape index (κ2) is 67.3. The first-order valence-corrected chi connectivity index (χ1v) is 37.9. The Morgan fingerprint density at radius 1 is 0.368 bits per heavy atom. The van der Waals surface area contributed by atoms with Gasteiger partial charge in [0.1, 0.15) is 19.8 Å². The van der Waals surface area contributed by atoms with Crippen LogP contribution in [0.25, 0.3) is 0 Å². The van der Waals surface area contributed by atoms with Crippen molar-refractivity contribution in [3.05, 3.63) is 97.2 Å². The van der Waals surface area contributed by atoms with E-state index >= 15 is 0 Å². The molecule has 0 aromatic heterocycles. The van der Waals surface area contributed by atoms with Crippen LogP contribution in [0, 0.1) is 0 Å². The fraction of sp³-hybridized carbons (Fsp3) is 0.766. The summed E-state index contributed by atoms with van der Waals surface area (Å²) in [5.74, 6) is -0.842. The Balaban J connectivity index is 4.06. The highest BCUT2D eigenvalue weighted by molar-refractivity contribution is 7.45. The largest absolute Gasteiger partial charge is 0.756 e. The lowest BCUT2D eigenvalue weighted by Crippen LogP contribution is -2.37. The second-order valence-corrected chi connectivity index (χ2v) is 27.0. The highest BCUT2D eigenvalue weighted by Gasteiger charge is 2.22. The Bertz CT molecular complexity index is 1790. The van der Waals surface area contributed by atoms with E-state index in [1.54, 1.807) is 0 Å². The zero-order valence-corrected chi connectivity index (χ0v) is 58.3. The highest BCUT2D eigenvalue weighted by Crippen LogP contribution is 2.38. The monoisotopic (exact) mass is 1240 g/mol. The Morgan fingerprint density at radius 3 is 0.977 bits per heavy atom. The van der Waals surface area contributed by atoms with Crippen LogP contribution in [0.1, 0.15) is 328 Å². The van der Waals surface area contributed by atoms with Gasteiger partial charge in [-0.1, -0.05) is 336 Å². The third-order valence-electron chi connectivity index (χ3n) is 15.9. The fourth-order valence-corrected chi connectivity index (χ4v) is 11.1. The number of ether oxygens (including phenoxy) is 2. The molecule has 0 amide bonds. The average molecular weight is 1240 g/mol. The molecule has 0 aliphatic rings. The molecule has 0 rings (SSSR count). The SMILES string of the molecule is CC/C=C\C/C=C\C/C=C\C/C=C\C/C=C\C/C=C\C/C=C\C/C=C\CCCCCCCCC(=O)OC(COC(=O)CCCCCCCCCCCCCCCCCCCCCCCCCCCCCCCCCC)COP(=O)([O-])OCC[N+](C)(C)C. The standard InChI is InChI=1S/C77H138NO8P/c1-6-8-10-12-14-16-18-20-22-24-26-28-30-32-34-36-38-40-41-43-45-47-49-51-53-55-57-59-61-63-65-67-69-76(79)83-73-75(74-85-87(81,82)84-72-71-78(3,4)5)86-77(80)70-68-66-64-62-60-58-56-54-52-50-48-46-44-42-39-37-35-33-31-29-27-25-23-21-19-17-15-13-11-9-7-2/h9,11,15,17,21,23,27,29,33,35,39,42,46,48,52,54,75H,6-8,10,12-14,16,18-20,22,24-26,28,30-32,34,36-38,40-41,43-45,47,49-51,53,55-74H2,1-5H3/b11-9-,17-15-,23-21-,29-27-,35-33-,42-39-,48-46-,54-52-. The lowest BCUT2D eigenvalue weighted by atomic mass is 10.0. The molecule has 0 bridgehead atoms. The second-order valence-electron chi connectivity index (χ2n) is 25.6. The Hall–Kier alpha value is -3.07. The quantitative estimate of drug-likeness (QED) is 0.0195. The molecule has 0 saturated heterocycles. The lowest BCUT2D eigenvalue weighted by molar-refractivity contribution is -0.870. The maximum Gasteiger partial charge on any atom is 0.306 e. The van der Waals surface area contributed by atoms with Crippen molar-refractivity contribution in [2.75, 3.05) is 47.5 Å². The van der Waals surface area contributed by atoms with Gasteiger partial charge in [-0.2, -0.15) is 0 Å². The molecule has 87 heavy (non-hydrogen) atoms. The van der Waals surface area contributed by atoms with Crippen molar-refractivity contribution in [3.63, 3.8) is 0 Å². The van der Waals surface area contributed by atoms with Crippen LogP contribution in [0.3, 0.4) is 0 Å². The molecule has 0 aliphatic heterocycles. The van der Waals surface area contributed by atoms with Gasteiger partial charge in [-0.15, -0.1) is 0 Å². The number of rotatable bonds is 67. The van der Waals surface area contributed by atoms with Gasteiger partial charge in [-0.05, 0) is 77.0 Å². The molecule has 0 aromatic carbocycles. The normalized spacial score (nSPS) is 13.7. The number of carbonyl (C=O) groups is 2. The predicted molar refractivity (Wildman–Crippen MR) is 374 cm³/mol. The van der Waals surface area contributed by atoms with Gasteiger partial charge in [0.15, 0.2) is 6.10 Å². The molecule has 0 aromatic rings. The van der Waals surface area contributed by atoms with E-state index in [1.807, 2.05) is 21.1 Å². The zero-order chi connectivity index (χ0) is 63.4. The van der Waals surface area contributed by atoms with Gasteiger partial charge in [-0.25, -0.2) is 0 Å². The number of phosphoric acid groups is 1. The number of quaternary nitrogens is 1. The van der Waals surface area contributed by atoms with Gasteiger partial charge in [0, 0.05) is 12.8 Å². The number of hydrogen-bond donors (Lipinski definition) is 0. The number of unbranched alkanes of at least 4 members (excludes halogenated alkanes) is 37. The molecule has 0 spiro atoms. The summed E-state index contributed by atoms with van der Waals surface area (Å²) in [7, 11) is 1.16. The highest BCUT2D eigenvalue weighted by atomic mass is 31.2. The maximum absolute atomic E-state index is 12.9. The zero-order valence-electron chi connectivity index (χ0n) is 57.5. The lowest BCUT2D eigenvalue weighted by Gasteiger charge is -2.28. The van der Waals surface area contributed by atoms with Crippen LogP contribution in [-0.4, -0.2) is 70.0 Å². The molecule has 0 saturated carbocycles.